The number of nitrogens with zero attached hydrogens (tertiary/aromatic N) is 3. The van der Waals surface area contributed by atoms with Crippen molar-refractivity contribution in [3.8, 4) is 5.69 Å². The van der Waals surface area contributed by atoms with Gasteiger partial charge in [0.05, 0.1) is 17.6 Å². The summed E-state index contributed by atoms with van der Waals surface area (Å²) in [7, 11) is 1.73. The number of benzene rings is 1. The van der Waals surface area contributed by atoms with Crippen molar-refractivity contribution in [1.29, 1.82) is 0 Å². The third kappa shape index (κ3) is 2.28. The first kappa shape index (κ1) is 11.6. The summed E-state index contributed by atoms with van der Waals surface area (Å²) in [6.45, 7) is 0.478. The van der Waals surface area contributed by atoms with Crippen molar-refractivity contribution < 1.29 is 13.2 Å². The standard InChI is InChI=1S/C10H9F3N4/c1-14-4-6-5-17(16-15-6)7-2-8(11)10(13)9(12)3-7/h2-3,5,14H,4H2,1H3. The van der Waals surface area contributed by atoms with E-state index in [-0.39, 0.29) is 5.69 Å². The second-order valence-corrected chi connectivity index (χ2v) is 3.41. The van der Waals surface area contributed by atoms with Gasteiger partial charge in [0.2, 0.25) is 0 Å². The molecule has 0 radical (unpaired) electrons. The summed E-state index contributed by atoms with van der Waals surface area (Å²) in [4.78, 5) is 0. The summed E-state index contributed by atoms with van der Waals surface area (Å²) in [5, 5.41) is 10.3. The van der Waals surface area contributed by atoms with Crippen LogP contribution in [0.15, 0.2) is 18.3 Å². The van der Waals surface area contributed by atoms with Gasteiger partial charge in [-0.1, -0.05) is 5.21 Å². The Morgan fingerprint density at radius 3 is 2.47 bits per heavy atom. The van der Waals surface area contributed by atoms with Crippen LogP contribution in [0.25, 0.3) is 5.69 Å². The zero-order valence-electron chi connectivity index (χ0n) is 8.91. The van der Waals surface area contributed by atoms with Crippen LogP contribution in [0.5, 0.6) is 0 Å². The molecule has 1 aromatic heterocycles. The molecule has 0 amide bonds. The van der Waals surface area contributed by atoms with Crippen LogP contribution in [-0.4, -0.2) is 22.0 Å². The van der Waals surface area contributed by atoms with Crippen molar-refractivity contribution in [2.75, 3.05) is 7.05 Å². The molecule has 0 bridgehead atoms. The van der Waals surface area contributed by atoms with E-state index < -0.39 is 17.5 Å². The van der Waals surface area contributed by atoms with E-state index in [2.05, 4.69) is 15.6 Å². The second kappa shape index (κ2) is 4.54. The first-order chi connectivity index (χ1) is 8.11. The van der Waals surface area contributed by atoms with Crippen LogP contribution in [0.2, 0.25) is 0 Å². The summed E-state index contributed by atoms with van der Waals surface area (Å²) in [6.07, 6.45) is 1.50. The van der Waals surface area contributed by atoms with Crippen molar-refractivity contribution in [2.24, 2.45) is 0 Å². The molecule has 2 rings (SSSR count). The number of rotatable bonds is 3. The summed E-state index contributed by atoms with van der Waals surface area (Å²) in [5.74, 6) is -4.01. The molecule has 4 nitrogen and oxygen atoms in total. The number of aromatic nitrogens is 3. The fourth-order valence-corrected chi connectivity index (χ4v) is 1.36. The van der Waals surface area contributed by atoms with Crippen molar-refractivity contribution >= 4 is 0 Å². The molecule has 2 aromatic rings. The van der Waals surface area contributed by atoms with E-state index in [0.717, 1.165) is 12.1 Å². The second-order valence-electron chi connectivity index (χ2n) is 3.41. The normalized spacial score (nSPS) is 10.8. The average molecular weight is 242 g/mol. The van der Waals surface area contributed by atoms with E-state index in [4.69, 9.17) is 0 Å². The minimum absolute atomic E-state index is 0.0799. The van der Waals surface area contributed by atoms with E-state index in [1.54, 1.807) is 7.05 Å². The molecule has 1 aromatic carbocycles. The summed E-state index contributed by atoms with van der Waals surface area (Å²) >= 11 is 0. The van der Waals surface area contributed by atoms with Crippen molar-refractivity contribution in [3.63, 3.8) is 0 Å². The van der Waals surface area contributed by atoms with Crippen LogP contribution in [0.3, 0.4) is 0 Å². The Hall–Kier alpha value is -1.89. The average Bonchev–Trinajstić information content (AvgIpc) is 2.74. The highest BCUT2D eigenvalue weighted by molar-refractivity contribution is 5.32. The summed E-state index contributed by atoms with van der Waals surface area (Å²) in [5.41, 5.74) is 0.689. The molecule has 0 saturated carbocycles. The fraction of sp³-hybridized carbons (Fsp3) is 0.200. The Morgan fingerprint density at radius 2 is 1.88 bits per heavy atom. The number of halogens is 3. The van der Waals surface area contributed by atoms with Gasteiger partial charge in [0.25, 0.3) is 0 Å². The van der Waals surface area contributed by atoms with E-state index in [1.807, 2.05) is 0 Å². The third-order valence-corrected chi connectivity index (χ3v) is 2.13. The number of hydrogen-bond donors (Lipinski definition) is 1. The van der Waals surface area contributed by atoms with Gasteiger partial charge in [-0.25, -0.2) is 17.9 Å². The van der Waals surface area contributed by atoms with Gasteiger partial charge >= 0.3 is 0 Å². The van der Waals surface area contributed by atoms with E-state index in [1.165, 1.54) is 10.9 Å². The molecular formula is C10H9F3N4. The van der Waals surface area contributed by atoms with Crippen molar-refractivity contribution in [1.82, 2.24) is 20.3 Å². The first-order valence-corrected chi connectivity index (χ1v) is 4.82. The summed E-state index contributed by atoms with van der Waals surface area (Å²) < 4.78 is 39.9. The smallest absolute Gasteiger partial charge is 0.194 e. The van der Waals surface area contributed by atoms with Crippen LogP contribution in [-0.2, 0) is 6.54 Å². The van der Waals surface area contributed by atoms with Crippen LogP contribution in [0, 0.1) is 17.5 Å². The zero-order chi connectivity index (χ0) is 12.4. The quantitative estimate of drug-likeness (QED) is 0.827. The monoisotopic (exact) mass is 242 g/mol. The molecule has 0 saturated heterocycles. The molecule has 1 heterocycles. The molecule has 7 heteroatoms. The molecule has 0 unspecified atom stereocenters. The van der Waals surface area contributed by atoms with Gasteiger partial charge in [-0.05, 0) is 7.05 Å². The van der Waals surface area contributed by atoms with Gasteiger partial charge in [0.15, 0.2) is 17.5 Å². The molecule has 0 aliphatic rings. The molecule has 90 valence electrons. The summed E-state index contributed by atoms with van der Waals surface area (Å²) in [6, 6.07) is 1.71. The minimum atomic E-state index is -1.50. The Balaban J connectivity index is 2.39. The zero-order valence-corrected chi connectivity index (χ0v) is 8.91. The Bertz CT molecular complexity index is 515. The molecule has 0 aliphatic carbocycles. The molecule has 0 fully saturated rings. The predicted octanol–water partition coefficient (Wildman–Crippen LogP) is 1.40. The van der Waals surface area contributed by atoms with Gasteiger partial charge in [-0.2, -0.15) is 0 Å². The third-order valence-electron chi connectivity index (χ3n) is 2.13. The van der Waals surface area contributed by atoms with E-state index in [9.17, 15) is 13.2 Å². The lowest BCUT2D eigenvalue weighted by Gasteiger charge is -2.01. The SMILES string of the molecule is CNCc1cn(-c2cc(F)c(F)c(F)c2)nn1. The molecule has 0 atom stereocenters. The maximum Gasteiger partial charge on any atom is 0.194 e. The predicted molar refractivity (Wildman–Crippen MR) is 54.0 cm³/mol. The van der Waals surface area contributed by atoms with E-state index in [0.29, 0.717) is 12.2 Å². The highest BCUT2D eigenvalue weighted by Crippen LogP contribution is 2.16. The van der Waals surface area contributed by atoms with Gasteiger partial charge in [0.1, 0.15) is 0 Å². The van der Waals surface area contributed by atoms with Gasteiger partial charge in [-0.3, -0.25) is 0 Å². The topological polar surface area (TPSA) is 42.7 Å². The highest BCUT2D eigenvalue weighted by Gasteiger charge is 2.12. The molecular weight excluding hydrogens is 233 g/mol. The van der Waals surface area contributed by atoms with Crippen LogP contribution < -0.4 is 5.32 Å². The Labute approximate surface area is 95.1 Å². The van der Waals surface area contributed by atoms with Crippen molar-refractivity contribution in [3.05, 3.63) is 41.5 Å². The Kier molecular flexibility index (Phi) is 3.10. The van der Waals surface area contributed by atoms with Gasteiger partial charge in [-0.15, -0.1) is 5.10 Å². The first-order valence-electron chi connectivity index (χ1n) is 4.82. The van der Waals surface area contributed by atoms with E-state index >= 15 is 0 Å². The lowest BCUT2D eigenvalue weighted by molar-refractivity contribution is 0.446. The minimum Gasteiger partial charge on any atom is -0.314 e. The van der Waals surface area contributed by atoms with Crippen LogP contribution in [0.4, 0.5) is 13.2 Å². The fourth-order valence-electron chi connectivity index (χ4n) is 1.36. The molecule has 0 aliphatic heterocycles. The molecule has 17 heavy (non-hydrogen) atoms. The number of nitrogens with one attached hydrogen (secondary N) is 1. The lowest BCUT2D eigenvalue weighted by Crippen LogP contribution is -2.05. The largest absolute Gasteiger partial charge is 0.314 e. The molecule has 1 N–H and O–H groups in total. The van der Waals surface area contributed by atoms with Gasteiger partial charge < -0.3 is 5.32 Å². The van der Waals surface area contributed by atoms with Crippen molar-refractivity contribution in [2.45, 2.75) is 6.54 Å². The number of hydrogen-bond acceptors (Lipinski definition) is 3. The van der Waals surface area contributed by atoms with Crippen LogP contribution in [0.1, 0.15) is 5.69 Å². The van der Waals surface area contributed by atoms with Crippen LogP contribution >= 0.6 is 0 Å². The van der Waals surface area contributed by atoms with Gasteiger partial charge in [0, 0.05) is 18.7 Å². The highest BCUT2D eigenvalue weighted by atomic mass is 19.2. The lowest BCUT2D eigenvalue weighted by atomic mass is 10.3. The molecule has 0 spiro atoms. The Morgan fingerprint density at radius 1 is 1.24 bits per heavy atom. The maximum absolute atomic E-state index is 13.0. The maximum atomic E-state index is 13.0.